The monoisotopic (exact) mass is 249 g/mol. The van der Waals surface area contributed by atoms with Crippen LogP contribution in [-0.2, 0) is 9.53 Å². The Labute approximate surface area is 107 Å². The van der Waals surface area contributed by atoms with Gasteiger partial charge >= 0.3 is 6.09 Å². The lowest BCUT2D eigenvalue weighted by Gasteiger charge is -2.17. The lowest BCUT2D eigenvalue weighted by Crippen LogP contribution is -2.30. The van der Waals surface area contributed by atoms with E-state index in [-0.39, 0.29) is 18.2 Å². The number of hydrogen-bond acceptors (Lipinski definition) is 3. The third-order valence-corrected chi connectivity index (χ3v) is 2.54. The number of alkyl carbamates (subject to hydrolysis) is 1. The predicted octanol–water partition coefficient (Wildman–Crippen LogP) is 2.76. The van der Waals surface area contributed by atoms with Gasteiger partial charge in [-0.3, -0.25) is 4.79 Å². The Kier molecular flexibility index (Phi) is 5.36. The molecule has 0 spiro atoms. The van der Waals surface area contributed by atoms with Gasteiger partial charge in [0.15, 0.2) is 0 Å². The van der Waals surface area contributed by atoms with Crippen LogP contribution in [0.1, 0.15) is 37.4 Å². The second-order valence-corrected chi connectivity index (χ2v) is 4.23. The fraction of sp³-hybridized carbons (Fsp3) is 0.429. The predicted molar refractivity (Wildman–Crippen MR) is 69.4 cm³/mol. The minimum Gasteiger partial charge on any atom is -0.450 e. The van der Waals surface area contributed by atoms with E-state index in [4.69, 9.17) is 4.74 Å². The summed E-state index contributed by atoms with van der Waals surface area (Å²) in [6.07, 6.45) is -0.230. The molecule has 1 atom stereocenters. The molecule has 1 unspecified atom stereocenters. The van der Waals surface area contributed by atoms with Crippen LogP contribution in [0.15, 0.2) is 24.3 Å². The lowest BCUT2D eigenvalue weighted by molar-refractivity contribution is -0.117. The van der Waals surface area contributed by atoms with Crippen molar-refractivity contribution in [2.45, 2.75) is 33.2 Å². The molecule has 98 valence electrons. The first-order valence-electron chi connectivity index (χ1n) is 6.02. The van der Waals surface area contributed by atoms with Crippen LogP contribution >= 0.6 is 0 Å². The van der Waals surface area contributed by atoms with Gasteiger partial charge in [-0.05, 0) is 26.3 Å². The molecule has 1 aromatic carbocycles. The number of carbonyl (C=O) groups excluding carboxylic acids is 2. The zero-order valence-electron chi connectivity index (χ0n) is 11.0. The Morgan fingerprint density at radius 3 is 2.39 bits per heavy atom. The number of ketones is 1. The highest BCUT2D eigenvalue weighted by atomic mass is 16.5. The first-order chi connectivity index (χ1) is 8.52. The normalized spacial score (nSPS) is 11.7. The van der Waals surface area contributed by atoms with Gasteiger partial charge in [-0.25, -0.2) is 4.79 Å². The van der Waals surface area contributed by atoms with Crippen molar-refractivity contribution >= 4 is 11.9 Å². The number of benzene rings is 1. The molecule has 4 heteroatoms. The van der Waals surface area contributed by atoms with Crippen molar-refractivity contribution < 1.29 is 14.3 Å². The van der Waals surface area contributed by atoms with Crippen LogP contribution in [0.4, 0.5) is 4.79 Å². The second kappa shape index (κ2) is 6.79. The van der Waals surface area contributed by atoms with Crippen LogP contribution in [0, 0.1) is 6.92 Å². The van der Waals surface area contributed by atoms with E-state index in [1.807, 2.05) is 31.2 Å². The number of rotatable bonds is 5. The largest absolute Gasteiger partial charge is 0.450 e. The minimum atomic E-state index is -0.496. The van der Waals surface area contributed by atoms with Gasteiger partial charge in [0.1, 0.15) is 5.78 Å². The molecule has 0 bridgehead atoms. The minimum absolute atomic E-state index is 0.0253. The quantitative estimate of drug-likeness (QED) is 0.873. The van der Waals surface area contributed by atoms with Crippen LogP contribution in [-0.4, -0.2) is 18.5 Å². The van der Waals surface area contributed by atoms with Crippen molar-refractivity contribution in [1.82, 2.24) is 5.32 Å². The number of nitrogens with one attached hydrogen (secondary N) is 1. The Morgan fingerprint density at radius 1 is 1.28 bits per heavy atom. The van der Waals surface area contributed by atoms with Gasteiger partial charge in [0, 0.05) is 6.42 Å². The van der Waals surface area contributed by atoms with E-state index in [0.29, 0.717) is 6.61 Å². The molecule has 1 rings (SSSR count). The molecule has 0 heterocycles. The van der Waals surface area contributed by atoms with Gasteiger partial charge in [-0.1, -0.05) is 29.8 Å². The molecule has 18 heavy (non-hydrogen) atoms. The Hall–Kier alpha value is -1.84. The molecule has 0 aliphatic rings. The maximum Gasteiger partial charge on any atom is 0.407 e. The molecule has 4 nitrogen and oxygen atoms in total. The number of hydrogen-bond donors (Lipinski definition) is 1. The molecular weight excluding hydrogens is 230 g/mol. The van der Waals surface area contributed by atoms with Crippen molar-refractivity contribution in [3.63, 3.8) is 0 Å². The highest BCUT2D eigenvalue weighted by Crippen LogP contribution is 2.18. The summed E-state index contributed by atoms with van der Waals surface area (Å²) in [7, 11) is 0. The van der Waals surface area contributed by atoms with E-state index in [1.54, 1.807) is 6.92 Å². The molecule has 1 N–H and O–H groups in total. The maximum atomic E-state index is 11.4. The topological polar surface area (TPSA) is 55.4 Å². The van der Waals surface area contributed by atoms with Crippen molar-refractivity contribution in [1.29, 1.82) is 0 Å². The average molecular weight is 249 g/mol. The highest BCUT2D eigenvalue weighted by molar-refractivity contribution is 5.77. The van der Waals surface area contributed by atoms with Crippen molar-refractivity contribution in [3.05, 3.63) is 35.4 Å². The van der Waals surface area contributed by atoms with Crippen LogP contribution in [0.3, 0.4) is 0 Å². The molecule has 0 aliphatic heterocycles. The summed E-state index contributed by atoms with van der Waals surface area (Å²) in [4.78, 5) is 22.7. The zero-order valence-corrected chi connectivity index (χ0v) is 11.0. The van der Waals surface area contributed by atoms with Gasteiger partial charge in [0.25, 0.3) is 0 Å². The molecule has 0 aliphatic carbocycles. The van der Waals surface area contributed by atoms with E-state index in [1.165, 1.54) is 6.92 Å². The van der Waals surface area contributed by atoms with E-state index < -0.39 is 6.09 Å². The summed E-state index contributed by atoms with van der Waals surface area (Å²) >= 11 is 0. The molecule has 1 aromatic rings. The Bertz CT molecular complexity index is 412. The molecular formula is C14H19NO3. The standard InChI is InChI=1S/C14H19NO3/c1-4-18-14(17)15-13(9-11(3)16)12-7-5-10(2)6-8-12/h5-8,13H,4,9H2,1-3H3,(H,15,17). The van der Waals surface area contributed by atoms with E-state index in [2.05, 4.69) is 5.32 Å². The maximum absolute atomic E-state index is 11.4. The third-order valence-electron chi connectivity index (χ3n) is 2.54. The molecule has 0 saturated heterocycles. The van der Waals surface area contributed by atoms with Crippen LogP contribution in [0.2, 0.25) is 0 Å². The van der Waals surface area contributed by atoms with E-state index in [0.717, 1.165) is 11.1 Å². The first-order valence-corrected chi connectivity index (χ1v) is 6.02. The summed E-state index contributed by atoms with van der Waals surface area (Å²) in [5.41, 5.74) is 2.04. The van der Waals surface area contributed by atoms with Crippen LogP contribution in [0.25, 0.3) is 0 Å². The first kappa shape index (κ1) is 14.2. The van der Waals surface area contributed by atoms with Crippen molar-refractivity contribution in [2.24, 2.45) is 0 Å². The number of carbonyl (C=O) groups is 2. The number of ether oxygens (including phenoxy) is 1. The Balaban J connectivity index is 2.80. The highest BCUT2D eigenvalue weighted by Gasteiger charge is 2.16. The summed E-state index contributed by atoms with van der Waals surface area (Å²) in [6.45, 7) is 5.55. The van der Waals surface area contributed by atoms with Gasteiger partial charge in [0.2, 0.25) is 0 Å². The summed E-state index contributed by atoms with van der Waals surface area (Å²) in [6, 6.07) is 7.40. The zero-order chi connectivity index (χ0) is 13.5. The fourth-order valence-corrected chi connectivity index (χ4v) is 1.65. The van der Waals surface area contributed by atoms with Gasteiger partial charge in [-0.15, -0.1) is 0 Å². The molecule has 0 saturated carbocycles. The fourth-order valence-electron chi connectivity index (χ4n) is 1.65. The summed E-state index contributed by atoms with van der Waals surface area (Å²) in [5, 5.41) is 2.70. The summed E-state index contributed by atoms with van der Waals surface area (Å²) < 4.78 is 4.84. The SMILES string of the molecule is CCOC(=O)NC(CC(C)=O)c1ccc(C)cc1. The number of aryl methyl sites for hydroxylation is 1. The van der Waals surface area contributed by atoms with Gasteiger partial charge < -0.3 is 10.1 Å². The summed E-state index contributed by atoms with van der Waals surface area (Å²) in [5.74, 6) is 0.0253. The van der Waals surface area contributed by atoms with E-state index in [9.17, 15) is 9.59 Å². The van der Waals surface area contributed by atoms with Crippen LogP contribution < -0.4 is 5.32 Å². The molecule has 0 radical (unpaired) electrons. The van der Waals surface area contributed by atoms with Gasteiger partial charge in [-0.2, -0.15) is 0 Å². The Morgan fingerprint density at radius 2 is 1.89 bits per heavy atom. The molecule has 1 amide bonds. The molecule has 0 aromatic heterocycles. The van der Waals surface area contributed by atoms with Gasteiger partial charge in [0.05, 0.1) is 12.6 Å². The second-order valence-electron chi connectivity index (χ2n) is 4.23. The van der Waals surface area contributed by atoms with Crippen molar-refractivity contribution in [2.75, 3.05) is 6.61 Å². The number of Topliss-reactive ketones (excluding diaryl/α,β-unsaturated/α-hetero) is 1. The average Bonchev–Trinajstić information content (AvgIpc) is 2.28. The smallest absolute Gasteiger partial charge is 0.407 e. The van der Waals surface area contributed by atoms with Crippen molar-refractivity contribution in [3.8, 4) is 0 Å². The molecule has 0 fully saturated rings. The van der Waals surface area contributed by atoms with E-state index >= 15 is 0 Å². The lowest BCUT2D eigenvalue weighted by atomic mass is 10.0. The number of amides is 1. The van der Waals surface area contributed by atoms with Crippen LogP contribution in [0.5, 0.6) is 0 Å². The third kappa shape index (κ3) is 4.57.